The normalized spacial score (nSPS) is 11.0. The van der Waals surface area contributed by atoms with E-state index in [0.29, 0.717) is 0 Å². The van der Waals surface area contributed by atoms with Gasteiger partial charge >= 0.3 is 0 Å². The topological polar surface area (TPSA) is 49.5 Å². The van der Waals surface area contributed by atoms with Crippen molar-refractivity contribution in [3.8, 4) is 0 Å². The lowest BCUT2D eigenvalue weighted by Crippen LogP contribution is -2.25. The Labute approximate surface area is 104 Å². The molecule has 0 saturated heterocycles. The highest BCUT2D eigenvalue weighted by molar-refractivity contribution is 5.40. The second-order valence-electron chi connectivity index (χ2n) is 4.45. The third-order valence-corrected chi connectivity index (χ3v) is 2.78. The molecule has 0 aliphatic heterocycles. The number of nitrogens with zero attached hydrogens (tertiary/aromatic N) is 1. The molecule has 0 heterocycles. The Morgan fingerprint density at radius 2 is 2.06 bits per heavy atom. The molecule has 96 valence electrons. The molecule has 1 rings (SSSR count). The summed E-state index contributed by atoms with van der Waals surface area (Å²) < 4.78 is 0. The largest absolute Gasteiger partial charge is 0.399 e. The van der Waals surface area contributed by atoms with Crippen LogP contribution in [0.5, 0.6) is 0 Å². The monoisotopic (exact) mass is 236 g/mol. The average molecular weight is 236 g/mol. The lowest BCUT2D eigenvalue weighted by molar-refractivity contribution is 0.236. The molecule has 3 heteroatoms. The van der Waals surface area contributed by atoms with Gasteiger partial charge in [0.15, 0.2) is 0 Å². The highest BCUT2D eigenvalue weighted by Crippen LogP contribution is 2.10. The predicted octanol–water partition coefficient (Wildman–Crippen LogP) is 2.25. The van der Waals surface area contributed by atoms with Gasteiger partial charge in [0.2, 0.25) is 0 Å². The summed E-state index contributed by atoms with van der Waals surface area (Å²) in [5.74, 6) is 0. The van der Waals surface area contributed by atoms with E-state index in [9.17, 15) is 0 Å². The second kappa shape index (κ2) is 8.09. The number of rotatable bonds is 8. The molecule has 0 spiro atoms. The van der Waals surface area contributed by atoms with E-state index in [1.807, 2.05) is 18.2 Å². The average Bonchev–Trinajstić information content (AvgIpc) is 2.29. The Balaban J connectivity index is 2.47. The summed E-state index contributed by atoms with van der Waals surface area (Å²) in [6.07, 6.45) is 3.09. The van der Waals surface area contributed by atoms with E-state index >= 15 is 0 Å². The van der Waals surface area contributed by atoms with E-state index in [-0.39, 0.29) is 6.61 Å². The lowest BCUT2D eigenvalue weighted by Gasteiger charge is -2.21. The zero-order chi connectivity index (χ0) is 12.5. The van der Waals surface area contributed by atoms with E-state index in [2.05, 4.69) is 17.9 Å². The van der Waals surface area contributed by atoms with Crippen LogP contribution in [0.4, 0.5) is 5.69 Å². The van der Waals surface area contributed by atoms with E-state index in [1.165, 1.54) is 5.56 Å². The van der Waals surface area contributed by atoms with Gasteiger partial charge < -0.3 is 10.8 Å². The second-order valence-corrected chi connectivity index (χ2v) is 4.45. The number of nitrogen functional groups attached to an aromatic ring is 1. The Morgan fingerprint density at radius 3 is 2.71 bits per heavy atom. The van der Waals surface area contributed by atoms with Gasteiger partial charge in [0.1, 0.15) is 0 Å². The minimum Gasteiger partial charge on any atom is -0.399 e. The fourth-order valence-corrected chi connectivity index (χ4v) is 1.98. The van der Waals surface area contributed by atoms with E-state index in [4.69, 9.17) is 10.8 Å². The van der Waals surface area contributed by atoms with Crippen LogP contribution in [0.3, 0.4) is 0 Å². The first-order valence-electron chi connectivity index (χ1n) is 6.44. The van der Waals surface area contributed by atoms with Gasteiger partial charge in [-0.25, -0.2) is 0 Å². The SMILES string of the molecule is CCCN(CCCCO)Cc1cccc(N)c1. The first-order chi connectivity index (χ1) is 8.26. The Morgan fingerprint density at radius 1 is 1.24 bits per heavy atom. The molecule has 0 aliphatic carbocycles. The molecule has 0 amide bonds. The van der Waals surface area contributed by atoms with Crippen LogP contribution >= 0.6 is 0 Å². The third kappa shape index (κ3) is 5.71. The van der Waals surface area contributed by atoms with Crippen molar-refractivity contribution >= 4 is 5.69 Å². The van der Waals surface area contributed by atoms with Crippen LogP contribution in [0.25, 0.3) is 0 Å². The van der Waals surface area contributed by atoms with Crippen molar-refractivity contribution in [3.63, 3.8) is 0 Å². The quantitative estimate of drug-likeness (QED) is 0.537. The number of hydrogen-bond acceptors (Lipinski definition) is 3. The summed E-state index contributed by atoms with van der Waals surface area (Å²) in [7, 11) is 0. The number of hydrogen-bond donors (Lipinski definition) is 2. The molecule has 0 unspecified atom stereocenters. The van der Waals surface area contributed by atoms with Crippen molar-refractivity contribution in [1.29, 1.82) is 0 Å². The van der Waals surface area contributed by atoms with Crippen molar-refractivity contribution < 1.29 is 5.11 Å². The number of nitrogens with two attached hydrogens (primary N) is 1. The van der Waals surface area contributed by atoms with Crippen LogP contribution in [0, 0.1) is 0 Å². The standard InChI is InChI=1S/C14H24N2O/c1-2-8-16(9-3-4-10-17)12-13-6-5-7-14(15)11-13/h5-7,11,17H,2-4,8-10,12,15H2,1H3. The zero-order valence-corrected chi connectivity index (χ0v) is 10.7. The van der Waals surface area contributed by atoms with E-state index in [0.717, 1.165) is 44.6 Å². The first-order valence-corrected chi connectivity index (χ1v) is 6.44. The van der Waals surface area contributed by atoms with Gasteiger partial charge in [0.25, 0.3) is 0 Å². The van der Waals surface area contributed by atoms with Gasteiger partial charge in [-0.05, 0) is 50.0 Å². The summed E-state index contributed by atoms with van der Waals surface area (Å²) in [5, 5.41) is 8.80. The molecule has 17 heavy (non-hydrogen) atoms. The highest BCUT2D eigenvalue weighted by atomic mass is 16.2. The fraction of sp³-hybridized carbons (Fsp3) is 0.571. The van der Waals surface area contributed by atoms with Crippen molar-refractivity contribution in [2.24, 2.45) is 0 Å². The van der Waals surface area contributed by atoms with Crippen molar-refractivity contribution in [3.05, 3.63) is 29.8 Å². The molecule has 0 saturated carbocycles. The van der Waals surface area contributed by atoms with E-state index in [1.54, 1.807) is 0 Å². The van der Waals surface area contributed by atoms with Crippen LogP contribution in [-0.2, 0) is 6.54 Å². The molecular weight excluding hydrogens is 212 g/mol. The Hall–Kier alpha value is -1.06. The Bertz CT molecular complexity index is 315. The summed E-state index contributed by atoms with van der Waals surface area (Å²) >= 11 is 0. The molecule has 3 nitrogen and oxygen atoms in total. The van der Waals surface area contributed by atoms with Crippen molar-refractivity contribution in [2.75, 3.05) is 25.4 Å². The first kappa shape index (κ1) is 14.0. The number of aliphatic hydroxyl groups is 1. The molecular formula is C14H24N2O. The van der Waals surface area contributed by atoms with Gasteiger partial charge in [-0.15, -0.1) is 0 Å². The molecule has 0 aliphatic rings. The third-order valence-electron chi connectivity index (χ3n) is 2.78. The predicted molar refractivity (Wildman–Crippen MR) is 72.7 cm³/mol. The van der Waals surface area contributed by atoms with Crippen molar-refractivity contribution in [2.45, 2.75) is 32.7 Å². The van der Waals surface area contributed by atoms with Gasteiger partial charge in [-0.2, -0.15) is 0 Å². The van der Waals surface area contributed by atoms with Crippen LogP contribution in [0.1, 0.15) is 31.7 Å². The van der Waals surface area contributed by atoms with Gasteiger partial charge in [-0.1, -0.05) is 19.1 Å². The molecule has 0 atom stereocenters. The van der Waals surface area contributed by atoms with Gasteiger partial charge in [-0.3, -0.25) is 4.90 Å². The van der Waals surface area contributed by atoms with Gasteiger partial charge in [0, 0.05) is 18.8 Å². The lowest BCUT2D eigenvalue weighted by atomic mass is 10.1. The number of aliphatic hydroxyl groups excluding tert-OH is 1. The fourth-order valence-electron chi connectivity index (χ4n) is 1.98. The molecule has 0 bridgehead atoms. The summed E-state index contributed by atoms with van der Waals surface area (Å²) in [5.41, 5.74) is 7.87. The zero-order valence-electron chi connectivity index (χ0n) is 10.7. The van der Waals surface area contributed by atoms with Crippen LogP contribution < -0.4 is 5.73 Å². The maximum absolute atomic E-state index is 8.80. The minimum absolute atomic E-state index is 0.290. The summed E-state index contributed by atoms with van der Waals surface area (Å²) in [6.45, 7) is 5.57. The molecule has 1 aromatic carbocycles. The molecule has 3 N–H and O–H groups in total. The number of unbranched alkanes of at least 4 members (excludes halogenated alkanes) is 1. The summed E-state index contributed by atoms with van der Waals surface area (Å²) in [6, 6.07) is 8.07. The van der Waals surface area contributed by atoms with E-state index < -0.39 is 0 Å². The Kier molecular flexibility index (Phi) is 6.67. The minimum atomic E-state index is 0.290. The molecule has 0 fully saturated rings. The number of anilines is 1. The smallest absolute Gasteiger partial charge is 0.0431 e. The van der Waals surface area contributed by atoms with Gasteiger partial charge in [0.05, 0.1) is 0 Å². The van der Waals surface area contributed by atoms with Crippen LogP contribution in [0.2, 0.25) is 0 Å². The van der Waals surface area contributed by atoms with Crippen LogP contribution in [-0.4, -0.2) is 29.7 Å². The molecule has 0 radical (unpaired) electrons. The maximum atomic E-state index is 8.80. The highest BCUT2D eigenvalue weighted by Gasteiger charge is 2.04. The number of benzene rings is 1. The van der Waals surface area contributed by atoms with Crippen molar-refractivity contribution in [1.82, 2.24) is 4.90 Å². The molecule has 1 aromatic rings. The molecule has 0 aromatic heterocycles. The summed E-state index contributed by atoms with van der Waals surface area (Å²) in [4.78, 5) is 2.42. The van der Waals surface area contributed by atoms with Crippen LogP contribution in [0.15, 0.2) is 24.3 Å². The maximum Gasteiger partial charge on any atom is 0.0431 e.